The molecule has 2 unspecified atom stereocenters. The van der Waals surface area contributed by atoms with Gasteiger partial charge in [-0.15, -0.1) is 0 Å². The fraction of sp³-hybridized carbons (Fsp3) is 0.400. The summed E-state index contributed by atoms with van der Waals surface area (Å²) in [5, 5.41) is 0. The van der Waals surface area contributed by atoms with E-state index in [0.29, 0.717) is 0 Å². The smallest absolute Gasteiger partial charge is 0.254 e. The number of carbonyl (C=O) groups excluding carboxylic acids is 1. The Morgan fingerprint density at radius 3 is 2.37 bits per heavy atom. The number of nitrogens with zero attached hydrogens (tertiary/aromatic N) is 1. The van der Waals surface area contributed by atoms with Crippen molar-refractivity contribution in [3.63, 3.8) is 0 Å². The lowest BCUT2D eigenvalue weighted by molar-refractivity contribution is 0.0634. The summed E-state index contributed by atoms with van der Waals surface area (Å²) >= 11 is 0. The van der Waals surface area contributed by atoms with E-state index in [9.17, 15) is 13.6 Å². The molecule has 0 spiro atoms. The number of amides is 1. The fourth-order valence-corrected chi connectivity index (χ4v) is 3.22. The number of halogens is 2. The van der Waals surface area contributed by atoms with Gasteiger partial charge in [-0.1, -0.05) is 12.2 Å². The standard InChI is InChI=1S/C15H15F2NO/c1-9-6-11-3-4-12(7-9)18(11)15(19)10-2-5-13(16)14(17)8-10/h2,5,8,11-12H,1,3-4,6-7H2. The maximum atomic E-state index is 13.2. The molecule has 100 valence electrons. The van der Waals surface area contributed by atoms with Crippen LogP contribution in [0.5, 0.6) is 0 Å². The van der Waals surface area contributed by atoms with Crippen LogP contribution in [0.3, 0.4) is 0 Å². The third kappa shape index (κ3) is 2.05. The molecule has 0 N–H and O–H groups in total. The minimum atomic E-state index is -0.973. The lowest BCUT2D eigenvalue weighted by atomic mass is 9.97. The van der Waals surface area contributed by atoms with E-state index in [4.69, 9.17) is 0 Å². The summed E-state index contributed by atoms with van der Waals surface area (Å²) in [5.41, 5.74) is 1.41. The zero-order chi connectivity index (χ0) is 13.6. The van der Waals surface area contributed by atoms with Crippen LogP contribution in [0.15, 0.2) is 30.4 Å². The van der Waals surface area contributed by atoms with Gasteiger partial charge in [0.1, 0.15) is 0 Å². The quantitative estimate of drug-likeness (QED) is 0.712. The van der Waals surface area contributed by atoms with Gasteiger partial charge in [-0.25, -0.2) is 8.78 Å². The van der Waals surface area contributed by atoms with Gasteiger partial charge in [-0.3, -0.25) is 4.79 Å². The first-order valence-corrected chi connectivity index (χ1v) is 6.50. The predicted molar refractivity (Wildman–Crippen MR) is 67.7 cm³/mol. The van der Waals surface area contributed by atoms with Crippen LogP contribution in [-0.2, 0) is 0 Å². The van der Waals surface area contributed by atoms with Crippen molar-refractivity contribution in [1.82, 2.24) is 4.90 Å². The zero-order valence-electron chi connectivity index (χ0n) is 10.5. The Bertz CT molecular complexity index is 539. The van der Waals surface area contributed by atoms with E-state index in [0.717, 1.165) is 37.8 Å². The second kappa shape index (κ2) is 4.44. The fourth-order valence-electron chi connectivity index (χ4n) is 3.22. The number of fused-ring (bicyclic) bond motifs is 2. The van der Waals surface area contributed by atoms with E-state index >= 15 is 0 Å². The van der Waals surface area contributed by atoms with Crippen molar-refractivity contribution in [2.75, 3.05) is 0 Å². The highest BCUT2D eigenvalue weighted by atomic mass is 19.2. The highest BCUT2D eigenvalue weighted by molar-refractivity contribution is 5.95. The average Bonchev–Trinajstić information content (AvgIpc) is 2.64. The van der Waals surface area contributed by atoms with E-state index in [1.165, 1.54) is 11.6 Å². The molecule has 19 heavy (non-hydrogen) atoms. The molecule has 2 saturated heterocycles. The summed E-state index contributed by atoms with van der Waals surface area (Å²) in [4.78, 5) is 14.3. The van der Waals surface area contributed by atoms with Crippen LogP contribution in [0.1, 0.15) is 36.0 Å². The molecule has 0 aromatic heterocycles. The molecule has 2 bridgehead atoms. The maximum Gasteiger partial charge on any atom is 0.254 e. The Kier molecular flexibility index (Phi) is 2.88. The molecule has 0 radical (unpaired) electrons. The molecule has 1 aromatic carbocycles. The number of hydrogen-bond acceptors (Lipinski definition) is 1. The van der Waals surface area contributed by atoms with E-state index < -0.39 is 11.6 Å². The summed E-state index contributed by atoms with van der Waals surface area (Å²) in [6.45, 7) is 4.00. The van der Waals surface area contributed by atoms with Crippen LogP contribution in [0.4, 0.5) is 8.78 Å². The van der Waals surface area contributed by atoms with Crippen LogP contribution in [0, 0.1) is 11.6 Å². The summed E-state index contributed by atoms with van der Waals surface area (Å²) in [6.07, 6.45) is 3.59. The molecule has 2 aliphatic rings. The van der Waals surface area contributed by atoms with E-state index in [2.05, 4.69) is 6.58 Å². The SMILES string of the molecule is C=C1CC2CCC(C1)N2C(=O)c1ccc(F)c(F)c1. The molecule has 0 aliphatic carbocycles. The second-order valence-corrected chi connectivity index (χ2v) is 5.38. The number of carbonyl (C=O) groups is 1. The molecular formula is C15H15F2NO. The largest absolute Gasteiger partial charge is 0.332 e. The molecule has 2 aliphatic heterocycles. The number of benzene rings is 1. The molecule has 1 aromatic rings. The highest BCUT2D eigenvalue weighted by Gasteiger charge is 2.41. The number of hydrogen-bond donors (Lipinski definition) is 0. The summed E-state index contributed by atoms with van der Waals surface area (Å²) in [7, 11) is 0. The van der Waals surface area contributed by atoms with Crippen molar-refractivity contribution in [2.45, 2.75) is 37.8 Å². The number of piperidine rings is 1. The van der Waals surface area contributed by atoms with Gasteiger partial charge >= 0.3 is 0 Å². The molecule has 2 atom stereocenters. The summed E-state index contributed by atoms with van der Waals surface area (Å²) in [5.74, 6) is -2.09. The van der Waals surface area contributed by atoms with Crippen LogP contribution < -0.4 is 0 Å². The number of rotatable bonds is 1. The maximum absolute atomic E-state index is 13.2. The molecule has 2 nitrogen and oxygen atoms in total. The Morgan fingerprint density at radius 1 is 1.16 bits per heavy atom. The van der Waals surface area contributed by atoms with Gasteiger partial charge in [-0.05, 0) is 43.9 Å². The van der Waals surface area contributed by atoms with Crippen molar-refractivity contribution >= 4 is 5.91 Å². The normalized spacial score (nSPS) is 25.8. The van der Waals surface area contributed by atoms with Crippen molar-refractivity contribution in [3.8, 4) is 0 Å². The van der Waals surface area contributed by atoms with Crippen LogP contribution in [0.2, 0.25) is 0 Å². The Balaban J connectivity index is 1.88. The van der Waals surface area contributed by atoms with E-state index in [-0.39, 0.29) is 23.6 Å². The van der Waals surface area contributed by atoms with Crippen molar-refractivity contribution in [3.05, 3.63) is 47.5 Å². The van der Waals surface area contributed by atoms with Gasteiger partial charge in [-0.2, -0.15) is 0 Å². The van der Waals surface area contributed by atoms with Gasteiger partial charge in [0.05, 0.1) is 0 Å². The zero-order valence-corrected chi connectivity index (χ0v) is 10.5. The topological polar surface area (TPSA) is 20.3 Å². The first kappa shape index (κ1) is 12.3. The lowest BCUT2D eigenvalue weighted by Gasteiger charge is -2.36. The molecule has 0 saturated carbocycles. The summed E-state index contributed by atoms with van der Waals surface area (Å²) < 4.78 is 26.1. The minimum absolute atomic E-state index is 0.173. The monoisotopic (exact) mass is 263 g/mol. The van der Waals surface area contributed by atoms with E-state index in [1.54, 1.807) is 0 Å². The highest BCUT2D eigenvalue weighted by Crippen LogP contribution is 2.38. The molecular weight excluding hydrogens is 248 g/mol. The van der Waals surface area contributed by atoms with Crippen LogP contribution in [-0.4, -0.2) is 22.9 Å². The molecule has 3 rings (SSSR count). The molecule has 2 heterocycles. The van der Waals surface area contributed by atoms with Crippen LogP contribution >= 0.6 is 0 Å². The Morgan fingerprint density at radius 2 is 1.79 bits per heavy atom. The minimum Gasteiger partial charge on any atom is -0.332 e. The molecule has 4 heteroatoms. The first-order chi connectivity index (χ1) is 9.06. The van der Waals surface area contributed by atoms with Crippen LogP contribution in [0.25, 0.3) is 0 Å². The van der Waals surface area contributed by atoms with Gasteiger partial charge < -0.3 is 4.90 Å². The van der Waals surface area contributed by atoms with Crippen molar-refractivity contribution < 1.29 is 13.6 Å². The third-order valence-corrected chi connectivity index (χ3v) is 4.07. The Hall–Kier alpha value is -1.71. The molecule has 2 fully saturated rings. The van der Waals surface area contributed by atoms with E-state index in [1.807, 2.05) is 4.90 Å². The first-order valence-electron chi connectivity index (χ1n) is 6.50. The second-order valence-electron chi connectivity index (χ2n) is 5.38. The summed E-state index contributed by atoms with van der Waals surface area (Å²) in [6, 6.07) is 3.69. The van der Waals surface area contributed by atoms with Gasteiger partial charge in [0, 0.05) is 17.6 Å². The Labute approximate surface area is 110 Å². The predicted octanol–water partition coefficient (Wildman–Crippen LogP) is 3.29. The van der Waals surface area contributed by atoms with Crippen molar-refractivity contribution in [1.29, 1.82) is 0 Å². The average molecular weight is 263 g/mol. The van der Waals surface area contributed by atoms with Gasteiger partial charge in [0.25, 0.3) is 5.91 Å². The van der Waals surface area contributed by atoms with Crippen molar-refractivity contribution in [2.24, 2.45) is 0 Å². The molecule has 1 amide bonds. The van der Waals surface area contributed by atoms with Gasteiger partial charge in [0.15, 0.2) is 11.6 Å². The van der Waals surface area contributed by atoms with Gasteiger partial charge in [0.2, 0.25) is 0 Å². The third-order valence-electron chi connectivity index (χ3n) is 4.07. The lowest BCUT2D eigenvalue weighted by Crippen LogP contribution is -2.44.